The first-order valence-corrected chi connectivity index (χ1v) is 6.80. The predicted molar refractivity (Wildman–Crippen MR) is 78.9 cm³/mol. The molecule has 5 heteroatoms. The van der Waals surface area contributed by atoms with Crippen LogP contribution in [0.4, 0.5) is 0 Å². The molecule has 1 heterocycles. The number of benzene rings is 1. The van der Waals surface area contributed by atoms with Crippen LogP contribution in [-0.4, -0.2) is 23.5 Å². The van der Waals surface area contributed by atoms with Crippen molar-refractivity contribution in [3.63, 3.8) is 0 Å². The van der Waals surface area contributed by atoms with Gasteiger partial charge in [-0.3, -0.25) is 9.63 Å². The first kappa shape index (κ1) is 14.6. The Kier molecular flexibility index (Phi) is 4.76. The van der Waals surface area contributed by atoms with Crippen LogP contribution in [0, 0.1) is 5.92 Å². The maximum Gasteiger partial charge on any atom is 0.260 e. The van der Waals surface area contributed by atoms with E-state index in [2.05, 4.69) is 10.5 Å². The first-order valence-electron chi connectivity index (χ1n) is 6.80. The number of H-pyrrole nitrogens is 1. The van der Waals surface area contributed by atoms with Gasteiger partial charge in [0.2, 0.25) is 0 Å². The summed E-state index contributed by atoms with van der Waals surface area (Å²) in [5.74, 6) is 0.0658. The zero-order valence-electron chi connectivity index (χ0n) is 11.8. The Morgan fingerprint density at radius 3 is 2.90 bits per heavy atom. The van der Waals surface area contributed by atoms with Crippen LogP contribution in [0.3, 0.4) is 0 Å². The number of carbonyl (C=O) groups is 1. The molecule has 0 aliphatic carbocycles. The van der Waals surface area contributed by atoms with Crippen LogP contribution in [0.1, 0.15) is 19.4 Å². The maximum atomic E-state index is 11.8. The molecule has 0 fully saturated rings. The standard InChI is InChI=1S/C15H21N3O2/c1-10(2)9-20-18-15(19)13(16)7-11-8-17-14-6-4-3-5-12(11)14/h3-6,8,10,13,17H,7,9,16H2,1-2H3,(H,18,19). The molecule has 4 N–H and O–H groups in total. The fourth-order valence-electron chi connectivity index (χ4n) is 1.99. The molecule has 1 aromatic heterocycles. The van der Waals surface area contributed by atoms with E-state index in [1.807, 2.05) is 44.3 Å². The van der Waals surface area contributed by atoms with Crippen LogP contribution in [-0.2, 0) is 16.1 Å². The van der Waals surface area contributed by atoms with E-state index < -0.39 is 6.04 Å². The van der Waals surface area contributed by atoms with Crippen molar-refractivity contribution in [3.8, 4) is 0 Å². The number of fused-ring (bicyclic) bond motifs is 1. The number of para-hydroxylation sites is 1. The van der Waals surface area contributed by atoms with E-state index in [0.29, 0.717) is 18.9 Å². The Hall–Kier alpha value is -1.85. The van der Waals surface area contributed by atoms with Crippen molar-refractivity contribution in [2.24, 2.45) is 11.7 Å². The highest BCUT2D eigenvalue weighted by Gasteiger charge is 2.16. The van der Waals surface area contributed by atoms with Crippen molar-refractivity contribution >= 4 is 16.8 Å². The third kappa shape index (κ3) is 3.59. The van der Waals surface area contributed by atoms with Gasteiger partial charge >= 0.3 is 0 Å². The maximum absolute atomic E-state index is 11.8. The summed E-state index contributed by atoms with van der Waals surface area (Å²) in [5, 5.41) is 1.10. The average Bonchev–Trinajstić information content (AvgIpc) is 2.81. The fourth-order valence-corrected chi connectivity index (χ4v) is 1.99. The number of nitrogens with one attached hydrogen (secondary N) is 2. The number of carbonyl (C=O) groups excluding carboxylic acids is 1. The Morgan fingerprint density at radius 2 is 2.15 bits per heavy atom. The first-order chi connectivity index (χ1) is 9.58. The monoisotopic (exact) mass is 275 g/mol. The van der Waals surface area contributed by atoms with E-state index in [1.165, 1.54) is 0 Å². The molecule has 0 saturated heterocycles. The molecule has 0 aliphatic heterocycles. The number of hydroxylamine groups is 1. The lowest BCUT2D eigenvalue weighted by molar-refractivity contribution is -0.135. The highest BCUT2D eigenvalue weighted by atomic mass is 16.7. The van der Waals surface area contributed by atoms with Crippen LogP contribution in [0.25, 0.3) is 10.9 Å². The molecule has 0 radical (unpaired) electrons. The quantitative estimate of drug-likeness (QED) is 0.702. The van der Waals surface area contributed by atoms with Gasteiger partial charge in [0.1, 0.15) is 0 Å². The second kappa shape index (κ2) is 6.54. The zero-order valence-corrected chi connectivity index (χ0v) is 11.8. The average molecular weight is 275 g/mol. The van der Waals surface area contributed by atoms with Crippen molar-refractivity contribution in [1.82, 2.24) is 10.5 Å². The van der Waals surface area contributed by atoms with Gasteiger partial charge in [0, 0.05) is 17.1 Å². The third-order valence-corrected chi connectivity index (χ3v) is 3.04. The smallest absolute Gasteiger partial charge is 0.260 e. The number of hydrogen-bond acceptors (Lipinski definition) is 3. The molecule has 0 bridgehead atoms. The normalized spacial score (nSPS) is 12.8. The van der Waals surface area contributed by atoms with Crippen LogP contribution in [0.15, 0.2) is 30.5 Å². The lowest BCUT2D eigenvalue weighted by Gasteiger charge is -2.12. The molecule has 0 spiro atoms. The molecule has 1 unspecified atom stereocenters. The van der Waals surface area contributed by atoms with Crippen molar-refractivity contribution < 1.29 is 9.63 Å². The van der Waals surface area contributed by atoms with Crippen LogP contribution in [0.2, 0.25) is 0 Å². The second-order valence-corrected chi connectivity index (χ2v) is 5.34. The Labute approximate surface area is 118 Å². The summed E-state index contributed by atoms with van der Waals surface area (Å²) >= 11 is 0. The van der Waals surface area contributed by atoms with Gasteiger partial charge in [0.25, 0.3) is 5.91 Å². The van der Waals surface area contributed by atoms with Crippen molar-refractivity contribution in [2.75, 3.05) is 6.61 Å². The lowest BCUT2D eigenvalue weighted by Crippen LogP contribution is -2.42. The minimum absolute atomic E-state index is 0.295. The SMILES string of the molecule is CC(C)CONC(=O)C(N)Cc1c[nH]c2ccccc12. The van der Waals surface area contributed by atoms with Crippen molar-refractivity contribution in [3.05, 3.63) is 36.0 Å². The number of aromatic nitrogens is 1. The molecule has 108 valence electrons. The molecule has 20 heavy (non-hydrogen) atoms. The fraction of sp³-hybridized carbons (Fsp3) is 0.400. The number of hydrogen-bond donors (Lipinski definition) is 3. The second-order valence-electron chi connectivity index (χ2n) is 5.34. The summed E-state index contributed by atoms with van der Waals surface area (Å²) in [4.78, 5) is 20.1. The molecule has 1 atom stereocenters. The molecular weight excluding hydrogens is 254 g/mol. The topological polar surface area (TPSA) is 80.1 Å². The van der Waals surface area contributed by atoms with E-state index in [0.717, 1.165) is 16.5 Å². The Bertz CT molecular complexity index is 577. The van der Waals surface area contributed by atoms with Crippen LogP contribution in [0.5, 0.6) is 0 Å². The van der Waals surface area contributed by atoms with Crippen LogP contribution >= 0.6 is 0 Å². The minimum atomic E-state index is -0.624. The number of aromatic amines is 1. The summed E-state index contributed by atoms with van der Waals surface area (Å²) in [7, 11) is 0. The molecular formula is C15H21N3O2. The Morgan fingerprint density at radius 1 is 1.40 bits per heavy atom. The molecule has 1 amide bonds. The zero-order chi connectivity index (χ0) is 14.5. The van der Waals surface area contributed by atoms with Crippen LogP contribution < -0.4 is 11.2 Å². The number of nitrogens with two attached hydrogens (primary N) is 1. The molecule has 2 rings (SSSR count). The molecule has 2 aromatic rings. The van der Waals surface area contributed by atoms with Crippen molar-refractivity contribution in [1.29, 1.82) is 0 Å². The van der Waals surface area contributed by atoms with Crippen molar-refractivity contribution in [2.45, 2.75) is 26.3 Å². The summed E-state index contributed by atoms with van der Waals surface area (Å²) < 4.78 is 0. The summed E-state index contributed by atoms with van der Waals surface area (Å²) in [5.41, 5.74) is 10.4. The summed E-state index contributed by atoms with van der Waals surface area (Å²) in [6.07, 6.45) is 2.37. The highest BCUT2D eigenvalue weighted by molar-refractivity contribution is 5.85. The van der Waals surface area contributed by atoms with E-state index in [9.17, 15) is 4.79 Å². The molecule has 0 saturated carbocycles. The summed E-state index contributed by atoms with van der Waals surface area (Å²) in [6.45, 7) is 4.50. The van der Waals surface area contributed by atoms with Gasteiger partial charge < -0.3 is 10.7 Å². The number of amides is 1. The highest BCUT2D eigenvalue weighted by Crippen LogP contribution is 2.18. The number of rotatable bonds is 6. The molecule has 1 aromatic carbocycles. The van der Waals surface area contributed by atoms with Gasteiger partial charge in [0.15, 0.2) is 0 Å². The van der Waals surface area contributed by atoms with E-state index >= 15 is 0 Å². The summed E-state index contributed by atoms with van der Waals surface area (Å²) in [6, 6.07) is 7.32. The van der Waals surface area contributed by atoms with Gasteiger partial charge in [0.05, 0.1) is 12.6 Å². The van der Waals surface area contributed by atoms with Gasteiger partial charge in [-0.1, -0.05) is 32.0 Å². The van der Waals surface area contributed by atoms with Gasteiger partial charge in [-0.2, -0.15) is 0 Å². The third-order valence-electron chi connectivity index (χ3n) is 3.04. The van der Waals surface area contributed by atoms with Gasteiger partial charge in [-0.25, -0.2) is 5.48 Å². The van der Waals surface area contributed by atoms with E-state index in [-0.39, 0.29) is 5.91 Å². The van der Waals surface area contributed by atoms with Gasteiger partial charge in [-0.15, -0.1) is 0 Å². The van der Waals surface area contributed by atoms with E-state index in [1.54, 1.807) is 0 Å². The van der Waals surface area contributed by atoms with Gasteiger partial charge in [-0.05, 0) is 24.0 Å². The van der Waals surface area contributed by atoms with E-state index in [4.69, 9.17) is 10.6 Å². The lowest BCUT2D eigenvalue weighted by atomic mass is 10.1. The Balaban J connectivity index is 1.93. The predicted octanol–water partition coefficient (Wildman–Crippen LogP) is 1.74. The molecule has 5 nitrogen and oxygen atoms in total. The minimum Gasteiger partial charge on any atom is -0.361 e. The molecule has 0 aliphatic rings. The largest absolute Gasteiger partial charge is 0.361 e.